The standard InChI is InChI=1S/C14H16N4O2/c1-9(11-6-5-7-12(8-11)19-3)15-13-16-10(2)17-14(18-13)20-4/h5-8H,1-4H3/b15-9+. The first-order chi connectivity index (χ1) is 9.62. The molecule has 0 aliphatic rings. The molecule has 20 heavy (non-hydrogen) atoms. The molecule has 2 aromatic rings. The number of aliphatic imine (C=N–C) groups is 1. The molecular formula is C14H16N4O2. The van der Waals surface area contributed by atoms with E-state index in [1.165, 1.54) is 7.11 Å². The topological polar surface area (TPSA) is 69.5 Å². The van der Waals surface area contributed by atoms with Crippen LogP contribution in [0.5, 0.6) is 11.8 Å². The van der Waals surface area contributed by atoms with Crippen molar-refractivity contribution in [3.05, 3.63) is 35.7 Å². The van der Waals surface area contributed by atoms with Crippen molar-refractivity contribution in [3.63, 3.8) is 0 Å². The van der Waals surface area contributed by atoms with Crippen LogP contribution in [0.3, 0.4) is 0 Å². The lowest BCUT2D eigenvalue weighted by Crippen LogP contribution is -2.00. The molecule has 0 unspecified atom stereocenters. The van der Waals surface area contributed by atoms with Crippen LogP contribution < -0.4 is 9.47 Å². The maximum absolute atomic E-state index is 5.19. The first-order valence-electron chi connectivity index (χ1n) is 6.08. The van der Waals surface area contributed by atoms with Crippen LogP contribution in [-0.2, 0) is 0 Å². The lowest BCUT2D eigenvalue weighted by molar-refractivity contribution is 0.377. The van der Waals surface area contributed by atoms with Crippen LogP contribution in [-0.4, -0.2) is 34.9 Å². The maximum Gasteiger partial charge on any atom is 0.321 e. The zero-order valence-electron chi connectivity index (χ0n) is 11.9. The van der Waals surface area contributed by atoms with Crippen LogP contribution >= 0.6 is 0 Å². The number of aromatic nitrogens is 3. The van der Waals surface area contributed by atoms with E-state index in [9.17, 15) is 0 Å². The minimum absolute atomic E-state index is 0.259. The summed E-state index contributed by atoms with van der Waals surface area (Å²) in [6, 6.07) is 7.91. The Kier molecular flexibility index (Phi) is 4.24. The Bertz CT molecular complexity index is 641. The van der Waals surface area contributed by atoms with Gasteiger partial charge in [-0.1, -0.05) is 12.1 Å². The van der Waals surface area contributed by atoms with E-state index in [2.05, 4.69) is 19.9 Å². The van der Waals surface area contributed by atoms with Gasteiger partial charge < -0.3 is 9.47 Å². The number of benzene rings is 1. The van der Waals surface area contributed by atoms with Gasteiger partial charge in [0.05, 0.1) is 14.2 Å². The van der Waals surface area contributed by atoms with E-state index in [4.69, 9.17) is 9.47 Å². The van der Waals surface area contributed by atoms with Gasteiger partial charge in [0.15, 0.2) is 0 Å². The first-order valence-corrected chi connectivity index (χ1v) is 6.08. The number of methoxy groups -OCH3 is 2. The number of hydrogen-bond acceptors (Lipinski definition) is 6. The normalized spacial score (nSPS) is 11.3. The van der Waals surface area contributed by atoms with Crippen LogP contribution in [0.2, 0.25) is 0 Å². The Morgan fingerprint density at radius 3 is 2.60 bits per heavy atom. The lowest BCUT2D eigenvalue weighted by Gasteiger charge is -2.04. The van der Waals surface area contributed by atoms with Crippen LogP contribution in [0.4, 0.5) is 5.95 Å². The molecule has 0 fully saturated rings. The summed E-state index contributed by atoms with van der Waals surface area (Å²) in [5.74, 6) is 1.67. The molecule has 0 aliphatic heterocycles. The second kappa shape index (κ2) is 6.10. The minimum Gasteiger partial charge on any atom is -0.497 e. The van der Waals surface area contributed by atoms with Crippen molar-refractivity contribution in [1.29, 1.82) is 0 Å². The van der Waals surface area contributed by atoms with Gasteiger partial charge in [-0.25, -0.2) is 4.99 Å². The molecule has 0 saturated heterocycles. The molecule has 0 bridgehead atoms. The van der Waals surface area contributed by atoms with Crippen molar-refractivity contribution in [1.82, 2.24) is 15.0 Å². The van der Waals surface area contributed by atoms with Gasteiger partial charge in [-0.05, 0) is 31.5 Å². The summed E-state index contributed by atoms with van der Waals surface area (Å²) in [6.45, 7) is 3.66. The molecule has 6 heteroatoms. The molecule has 0 N–H and O–H groups in total. The largest absolute Gasteiger partial charge is 0.497 e. The van der Waals surface area contributed by atoms with Crippen LogP contribution in [0.15, 0.2) is 29.3 Å². The summed E-state index contributed by atoms with van der Waals surface area (Å²) in [7, 11) is 3.14. The molecule has 104 valence electrons. The third-order valence-corrected chi connectivity index (χ3v) is 2.65. The fourth-order valence-corrected chi connectivity index (χ4v) is 1.65. The molecule has 2 rings (SSSR count). The molecule has 1 aromatic carbocycles. The summed E-state index contributed by atoms with van der Waals surface area (Å²) in [5, 5.41) is 0. The monoisotopic (exact) mass is 272 g/mol. The molecule has 6 nitrogen and oxygen atoms in total. The summed E-state index contributed by atoms with van der Waals surface area (Å²) in [5.41, 5.74) is 1.73. The minimum atomic E-state index is 0.259. The summed E-state index contributed by atoms with van der Waals surface area (Å²) >= 11 is 0. The van der Waals surface area contributed by atoms with E-state index in [1.807, 2.05) is 31.2 Å². The summed E-state index contributed by atoms with van der Waals surface area (Å²) in [4.78, 5) is 16.7. The van der Waals surface area contributed by atoms with Gasteiger partial charge in [0.25, 0.3) is 5.95 Å². The Morgan fingerprint density at radius 2 is 1.90 bits per heavy atom. The number of ether oxygens (including phenoxy) is 2. The second-order valence-electron chi connectivity index (χ2n) is 4.10. The molecular weight excluding hydrogens is 256 g/mol. The van der Waals surface area contributed by atoms with Crippen molar-refractivity contribution in [3.8, 4) is 11.8 Å². The van der Waals surface area contributed by atoms with Gasteiger partial charge in [-0.2, -0.15) is 15.0 Å². The number of aryl methyl sites for hydroxylation is 1. The third-order valence-electron chi connectivity index (χ3n) is 2.65. The van der Waals surface area contributed by atoms with Gasteiger partial charge >= 0.3 is 6.01 Å². The molecule has 0 radical (unpaired) electrons. The van der Waals surface area contributed by atoms with Crippen LogP contribution in [0.1, 0.15) is 18.3 Å². The van der Waals surface area contributed by atoms with Crippen molar-refractivity contribution in [2.45, 2.75) is 13.8 Å². The Labute approximate surface area is 117 Å². The number of nitrogens with zero attached hydrogens (tertiary/aromatic N) is 4. The number of hydrogen-bond donors (Lipinski definition) is 0. The summed E-state index contributed by atoms with van der Waals surface area (Å²) < 4.78 is 10.2. The zero-order chi connectivity index (χ0) is 14.5. The fraction of sp³-hybridized carbons (Fsp3) is 0.286. The van der Waals surface area contributed by atoms with E-state index in [-0.39, 0.29) is 6.01 Å². The maximum atomic E-state index is 5.19. The van der Waals surface area contributed by atoms with Gasteiger partial charge in [-0.3, -0.25) is 0 Å². The summed E-state index contributed by atoms with van der Waals surface area (Å²) in [6.07, 6.45) is 0. The van der Waals surface area contributed by atoms with E-state index in [0.717, 1.165) is 17.0 Å². The molecule has 0 spiro atoms. The highest BCUT2D eigenvalue weighted by Crippen LogP contribution is 2.16. The molecule has 1 heterocycles. The quantitative estimate of drug-likeness (QED) is 0.799. The lowest BCUT2D eigenvalue weighted by atomic mass is 10.1. The van der Waals surface area contributed by atoms with Crippen LogP contribution in [0, 0.1) is 6.92 Å². The zero-order valence-corrected chi connectivity index (χ0v) is 11.9. The van der Waals surface area contributed by atoms with E-state index in [0.29, 0.717) is 11.8 Å². The van der Waals surface area contributed by atoms with E-state index < -0.39 is 0 Å². The van der Waals surface area contributed by atoms with Crippen molar-refractivity contribution in [2.24, 2.45) is 4.99 Å². The first kappa shape index (κ1) is 13.9. The Morgan fingerprint density at radius 1 is 1.10 bits per heavy atom. The Hall–Kier alpha value is -2.50. The number of rotatable bonds is 4. The molecule has 0 atom stereocenters. The van der Waals surface area contributed by atoms with Gasteiger partial charge in [-0.15, -0.1) is 0 Å². The van der Waals surface area contributed by atoms with Crippen molar-refractivity contribution < 1.29 is 9.47 Å². The highest BCUT2D eigenvalue weighted by Gasteiger charge is 2.05. The SMILES string of the molecule is COc1cccc(/C(C)=N/c2nc(C)nc(OC)n2)c1. The smallest absolute Gasteiger partial charge is 0.321 e. The molecule has 1 aromatic heterocycles. The van der Waals surface area contributed by atoms with Crippen molar-refractivity contribution in [2.75, 3.05) is 14.2 Å². The van der Waals surface area contributed by atoms with E-state index in [1.54, 1.807) is 14.0 Å². The van der Waals surface area contributed by atoms with Gasteiger partial charge in [0, 0.05) is 5.71 Å². The highest BCUT2D eigenvalue weighted by atomic mass is 16.5. The van der Waals surface area contributed by atoms with E-state index >= 15 is 0 Å². The second-order valence-corrected chi connectivity index (χ2v) is 4.10. The predicted octanol–water partition coefficient (Wildman–Crippen LogP) is 2.34. The Balaban J connectivity index is 2.36. The molecule has 0 saturated carbocycles. The fourth-order valence-electron chi connectivity index (χ4n) is 1.65. The van der Waals surface area contributed by atoms with Gasteiger partial charge in [0.2, 0.25) is 0 Å². The van der Waals surface area contributed by atoms with Crippen LogP contribution in [0.25, 0.3) is 0 Å². The average Bonchev–Trinajstić information content (AvgIpc) is 2.46. The van der Waals surface area contributed by atoms with Crippen molar-refractivity contribution >= 4 is 11.7 Å². The average molecular weight is 272 g/mol. The predicted molar refractivity (Wildman–Crippen MR) is 76.0 cm³/mol. The highest BCUT2D eigenvalue weighted by molar-refractivity contribution is 6.00. The molecule has 0 amide bonds. The third kappa shape index (κ3) is 3.28. The van der Waals surface area contributed by atoms with Gasteiger partial charge in [0.1, 0.15) is 11.6 Å². The molecule has 0 aliphatic carbocycles.